The van der Waals surface area contributed by atoms with Crippen LogP contribution in [-0.2, 0) is 26.0 Å². The van der Waals surface area contributed by atoms with Crippen LogP contribution in [0.5, 0.6) is 0 Å². The van der Waals surface area contributed by atoms with Gasteiger partial charge in [-0.3, -0.25) is 13.9 Å². The van der Waals surface area contributed by atoms with Crippen LogP contribution in [0.25, 0.3) is 0 Å². The molecule has 34 heavy (non-hydrogen) atoms. The SMILES string of the molecule is CC[C@@H](C)NC(=O)[C@H](C)N(CCc1ccccc1)C(=O)CN(c1cc(C)ccc1C)S(C)(=O)=O. The minimum atomic E-state index is -3.74. The molecule has 2 aromatic carbocycles. The van der Waals surface area contributed by atoms with Crippen molar-refractivity contribution in [1.29, 1.82) is 0 Å². The van der Waals surface area contributed by atoms with E-state index in [0.717, 1.165) is 33.7 Å². The first-order valence-corrected chi connectivity index (χ1v) is 13.5. The van der Waals surface area contributed by atoms with Gasteiger partial charge in [0.2, 0.25) is 21.8 Å². The molecule has 186 valence electrons. The second-order valence-corrected chi connectivity index (χ2v) is 10.8. The zero-order valence-corrected chi connectivity index (χ0v) is 21.9. The molecule has 0 spiro atoms. The Labute approximate surface area is 204 Å². The molecule has 0 aliphatic rings. The molecule has 8 heteroatoms. The molecule has 1 N–H and O–H groups in total. The smallest absolute Gasteiger partial charge is 0.244 e. The van der Waals surface area contributed by atoms with Crippen LogP contribution in [0.3, 0.4) is 0 Å². The summed E-state index contributed by atoms with van der Waals surface area (Å²) in [5, 5.41) is 2.93. The van der Waals surface area contributed by atoms with Gasteiger partial charge in [-0.2, -0.15) is 0 Å². The summed E-state index contributed by atoms with van der Waals surface area (Å²) >= 11 is 0. The Bertz CT molecular complexity index is 1090. The van der Waals surface area contributed by atoms with Crippen molar-refractivity contribution in [2.24, 2.45) is 0 Å². The summed E-state index contributed by atoms with van der Waals surface area (Å²) in [5.41, 5.74) is 3.14. The average Bonchev–Trinajstić information content (AvgIpc) is 2.79. The van der Waals surface area contributed by atoms with Crippen molar-refractivity contribution in [3.8, 4) is 0 Å². The molecule has 0 unspecified atom stereocenters. The topological polar surface area (TPSA) is 86.8 Å². The van der Waals surface area contributed by atoms with Crippen LogP contribution in [0.2, 0.25) is 0 Å². The Kier molecular flexibility index (Phi) is 9.67. The summed E-state index contributed by atoms with van der Waals surface area (Å²) in [6.07, 6.45) is 2.41. The lowest BCUT2D eigenvalue weighted by Gasteiger charge is -2.32. The highest BCUT2D eigenvalue weighted by atomic mass is 32.2. The molecule has 2 aromatic rings. The van der Waals surface area contributed by atoms with E-state index >= 15 is 0 Å². The van der Waals surface area contributed by atoms with Crippen LogP contribution in [0, 0.1) is 13.8 Å². The van der Waals surface area contributed by atoms with Gasteiger partial charge in [0.1, 0.15) is 12.6 Å². The number of amides is 2. The largest absolute Gasteiger partial charge is 0.352 e. The molecule has 0 aromatic heterocycles. The molecule has 0 bridgehead atoms. The third-order valence-corrected chi connectivity index (χ3v) is 7.09. The second-order valence-electron chi connectivity index (χ2n) is 8.88. The van der Waals surface area contributed by atoms with E-state index < -0.39 is 22.0 Å². The molecule has 0 fully saturated rings. The van der Waals surface area contributed by atoms with Crippen LogP contribution >= 0.6 is 0 Å². The second kappa shape index (κ2) is 12.0. The monoisotopic (exact) mass is 487 g/mol. The van der Waals surface area contributed by atoms with E-state index in [2.05, 4.69) is 5.32 Å². The van der Waals surface area contributed by atoms with Gasteiger partial charge in [-0.1, -0.05) is 49.4 Å². The summed E-state index contributed by atoms with van der Waals surface area (Å²) < 4.78 is 26.5. The number of nitrogens with one attached hydrogen (secondary N) is 1. The van der Waals surface area contributed by atoms with Gasteiger partial charge < -0.3 is 10.2 Å². The number of aryl methyl sites for hydroxylation is 2. The molecular weight excluding hydrogens is 450 g/mol. The maximum absolute atomic E-state index is 13.5. The quantitative estimate of drug-likeness (QED) is 0.526. The van der Waals surface area contributed by atoms with E-state index in [-0.39, 0.29) is 18.5 Å². The van der Waals surface area contributed by atoms with Gasteiger partial charge >= 0.3 is 0 Å². The van der Waals surface area contributed by atoms with Crippen molar-refractivity contribution in [3.63, 3.8) is 0 Å². The summed E-state index contributed by atoms with van der Waals surface area (Å²) in [6, 6.07) is 14.4. The predicted octanol–water partition coefficient (Wildman–Crippen LogP) is 3.44. The molecular formula is C26H37N3O4S. The predicted molar refractivity (Wildman–Crippen MR) is 137 cm³/mol. The van der Waals surface area contributed by atoms with Crippen LogP contribution in [-0.4, -0.2) is 56.6 Å². The van der Waals surface area contributed by atoms with E-state index in [0.29, 0.717) is 18.7 Å². The van der Waals surface area contributed by atoms with Gasteiger partial charge in [0, 0.05) is 12.6 Å². The molecule has 0 radical (unpaired) electrons. The molecule has 7 nitrogen and oxygen atoms in total. The number of carbonyl (C=O) groups excluding carboxylic acids is 2. The number of nitrogens with zero attached hydrogens (tertiary/aromatic N) is 2. The fourth-order valence-electron chi connectivity index (χ4n) is 3.62. The van der Waals surface area contributed by atoms with Gasteiger partial charge in [-0.25, -0.2) is 8.42 Å². The number of anilines is 1. The third kappa shape index (κ3) is 7.58. The molecule has 0 saturated heterocycles. The van der Waals surface area contributed by atoms with Gasteiger partial charge in [-0.15, -0.1) is 0 Å². The Morgan fingerprint density at radius 3 is 2.26 bits per heavy atom. The minimum absolute atomic E-state index is 0.0245. The highest BCUT2D eigenvalue weighted by Gasteiger charge is 2.30. The number of benzene rings is 2. The first-order chi connectivity index (χ1) is 15.9. The summed E-state index contributed by atoms with van der Waals surface area (Å²) in [7, 11) is -3.74. The van der Waals surface area contributed by atoms with Gasteiger partial charge in [0.05, 0.1) is 11.9 Å². The summed E-state index contributed by atoms with van der Waals surface area (Å²) in [4.78, 5) is 27.9. The van der Waals surface area contributed by atoms with Crippen LogP contribution in [0.15, 0.2) is 48.5 Å². The Morgan fingerprint density at radius 1 is 1.03 bits per heavy atom. The molecule has 0 aliphatic heterocycles. The molecule has 0 saturated carbocycles. The Morgan fingerprint density at radius 2 is 1.68 bits per heavy atom. The van der Waals surface area contributed by atoms with Gasteiger partial charge in [0.25, 0.3) is 0 Å². The lowest BCUT2D eigenvalue weighted by Crippen LogP contribution is -2.53. The van der Waals surface area contributed by atoms with Crippen LogP contribution < -0.4 is 9.62 Å². The van der Waals surface area contributed by atoms with Gasteiger partial charge in [-0.05, 0) is 63.3 Å². The number of sulfonamides is 1. The fraction of sp³-hybridized carbons (Fsp3) is 0.462. The maximum Gasteiger partial charge on any atom is 0.244 e. The van der Waals surface area contributed by atoms with Crippen molar-refractivity contribution >= 4 is 27.5 Å². The Balaban J connectivity index is 2.35. The van der Waals surface area contributed by atoms with E-state index in [1.165, 1.54) is 4.90 Å². The number of carbonyl (C=O) groups is 2. The van der Waals surface area contributed by atoms with Crippen molar-refractivity contribution in [3.05, 3.63) is 65.2 Å². The number of rotatable bonds is 11. The lowest BCUT2D eigenvalue weighted by molar-refractivity contribution is -0.139. The van der Waals surface area contributed by atoms with Gasteiger partial charge in [0.15, 0.2) is 0 Å². The number of hydrogen-bond donors (Lipinski definition) is 1. The van der Waals surface area contributed by atoms with E-state index in [4.69, 9.17) is 0 Å². The van der Waals surface area contributed by atoms with Crippen LogP contribution in [0.4, 0.5) is 5.69 Å². The van der Waals surface area contributed by atoms with E-state index in [1.54, 1.807) is 13.0 Å². The lowest BCUT2D eigenvalue weighted by atomic mass is 10.1. The first kappa shape index (κ1) is 27.4. The third-order valence-electron chi connectivity index (χ3n) is 5.97. The normalized spacial score (nSPS) is 13.1. The first-order valence-electron chi connectivity index (χ1n) is 11.6. The standard InChI is InChI=1S/C26H37N3O4S/c1-7-21(4)27-26(31)22(5)28(16-15-23-11-9-8-10-12-23)25(30)18-29(34(6,32)33)24-17-19(2)13-14-20(24)3/h8-14,17,21-22H,7,15-16,18H2,1-6H3,(H,27,31)/t21-,22+/m1/s1. The number of hydrogen-bond acceptors (Lipinski definition) is 4. The maximum atomic E-state index is 13.5. The van der Waals surface area contributed by atoms with Crippen LogP contribution in [0.1, 0.15) is 43.9 Å². The zero-order valence-electron chi connectivity index (χ0n) is 21.0. The molecule has 2 amide bonds. The fourth-order valence-corrected chi connectivity index (χ4v) is 4.52. The summed E-state index contributed by atoms with van der Waals surface area (Å²) in [6.45, 7) is 9.17. The van der Waals surface area contributed by atoms with Crippen molar-refractivity contribution < 1.29 is 18.0 Å². The molecule has 2 rings (SSSR count). The highest BCUT2D eigenvalue weighted by molar-refractivity contribution is 7.92. The zero-order chi connectivity index (χ0) is 25.5. The summed E-state index contributed by atoms with van der Waals surface area (Å²) in [5.74, 6) is -0.678. The van der Waals surface area contributed by atoms with E-state index in [9.17, 15) is 18.0 Å². The Hall–Kier alpha value is -2.87. The average molecular weight is 488 g/mol. The molecule has 2 atom stereocenters. The van der Waals surface area contributed by atoms with E-state index in [1.807, 2.05) is 70.2 Å². The van der Waals surface area contributed by atoms with Crippen molar-refractivity contribution in [2.75, 3.05) is 23.7 Å². The highest BCUT2D eigenvalue weighted by Crippen LogP contribution is 2.24. The minimum Gasteiger partial charge on any atom is -0.352 e. The van der Waals surface area contributed by atoms with Crippen molar-refractivity contribution in [2.45, 2.75) is 59.5 Å². The molecule has 0 heterocycles. The molecule has 0 aliphatic carbocycles. The van der Waals surface area contributed by atoms with Crippen molar-refractivity contribution in [1.82, 2.24) is 10.2 Å².